The van der Waals surface area contributed by atoms with Gasteiger partial charge in [-0.25, -0.2) is 0 Å². The summed E-state index contributed by atoms with van der Waals surface area (Å²) in [6, 6.07) is 4.88. The first-order valence-electron chi connectivity index (χ1n) is 4.62. The van der Waals surface area contributed by atoms with E-state index >= 15 is 0 Å². The lowest BCUT2D eigenvalue weighted by Gasteiger charge is -2.12. The van der Waals surface area contributed by atoms with Gasteiger partial charge >= 0.3 is 5.97 Å². The van der Waals surface area contributed by atoms with Gasteiger partial charge in [-0.05, 0) is 19.1 Å². The first-order chi connectivity index (χ1) is 7.11. The third-order valence-electron chi connectivity index (χ3n) is 1.95. The van der Waals surface area contributed by atoms with E-state index in [-0.39, 0.29) is 5.25 Å². The zero-order chi connectivity index (χ0) is 11.3. The molecule has 3 N–H and O–H groups in total. The molecule has 0 aliphatic carbocycles. The SMILES string of the molecule is CC(SC[C@H](N)C(=O)O)c1ccccn1. The molecular formula is C10H14N2O2S. The maximum atomic E-state index is 10.5. The average molecular weight is 226 g/mol. The fourth-order valence-electron chi connectivity index (χ4n) is 1.02. The van der Waals surface area contributed by atoms with Gasteiger partial charge in [-0.3, -0.25) is 9.78 Å². The molecule has 0 aliphatic rings. The van der Waals surface area contributed by atoms with Crippen LogP contribution in [-0.4, -0.2) is 27.9 Å². The fraction of sp³-hybridized carbons (Fsp3) is 0.400. The van der Waals surface area contributed by atoms with Crippen LogP contribution in [0.4, 0.5) is 0 Å². The summed E-state index contributed by atoms with van der Waals surface area (Å²) in [6.07, 6.45) is 1.73. The molecule has 1 unspecified atom stereocenters. The van der Waals surface area contributed by atoms with Crippen LogP contribution in [0.15, 0.2) is 24.4 Å². The minimum absolute atomic E-state index is 0.164. The van der Waals surface area contributed by atoms with Gasteiger partial charge in [-0.2, -0.15) is 11.8 Å². The van der Waals surface area contributed by atoms with Gasteiger partial charge in [-0.1, -0.05) is 6.07 Å². The van der Waals surface area contributed by atoms with Gasteiger partial charge in [0.1, 0.15) is 6.04 Å². The Morgan fingerprint density at radius 2 is 2.40 bits per heavy atom. The molecule has 1 aromatic rings. The molecule has 0 spiro atoms. The topological polar surface area (TPSA) is 76.2 Å². The summed E-state index contributed by atoms with van der Waals surface area (Å²) in [5.41, 5.74) is 6.35. The highest BCUT2D eigenvalue weighted by Crippen LogP contribution is 2.26. The summed E-state index contributed by atoms with van der Waals surface area (Å²) < 4.78 is 0. The molecule has 0 fully saturated rings. The third kappa shape index (κ3) is 3.89. The molecule has 0 bridgehead atoms. The first kappa shape index (κ1) is 12.0. The fourth-order valence-corrected chi connectivity index (χ4v) is 1.97. The lowest BCUT2D eigenvalue weighted by atomic mass is 10.3. The van der Waals surface area contributed by atoms with Crippen LogP contribution < -0.4 is 5.73 Å². The zero-order valence-electron chi connectivity index (χ0n) is 8.46. The highest BCUT2D eigenvalue weighted by atomic mass is 32.2. The molecule has 4 nitrogen and oxygen atoms in total. The lowest BCUT2D eigenvalue weighted by Crippen LogP contribution is -2.32. The second-order valence-corrected chi connectivity index (χ2v) is 4.55. The average Bonchev–Trinajstić information content (AvgIpc) is 2.26. The summed E-state index contributed by atoms with van der Waals surface area (Å²) in [5.74, 6) is -0.566. The molecule has 2 atom stereocenters. The van der Waals surface area contributed by atoms with Crippen molar-refractivity contribution in [2.75, 3.05) is 5.75 Å². The minimum Gasteiger partial charge on any atom is -0.480 e. The van der Waals surface area contributed by atoms with Crippen LogP contribution in [0.25, 0.3) is 0 Å². The van der Waals surface area contributed by atoms with Crippen LogP contribution in [0.2, 0.25) is 0 Å². The van der Waals surface area contributed by atoms with Crippen molar-refractivity contribution in [2.45, 2.75) is 18.2 Å². The molecular weight excluding hydrogens is 212 g/mol. The quantitative estimate of drug-likeness (QED) is 0.791. The number of pyridine rings is 1. The molecule has 0 saturated heterocycles. The van der Waals surface area contributed by atoms with Gasteiger partial charge in [0.25, 0.3) is 0 Å². The van der Waals surface area contributed by atoms with E-state index < -0.39 is 12.0 Å². The maximum Gasteiger partial charge on any atom is 0.321 e. The highest BCUT2D eigenvalue weighted by molar-refractivity contribution is 7.99. The molecule has 82 valence electrons. The molecule has 0 amide bonds. The Morgan fingerprint density at radius 1 is 1.67 bits per heavy atom. The van der Waals surface area contributed by atoms with Gasteiger partial charge in [0, 0.05) is 17.2 Å². The molecule has 0 aliphatic heterocycles. The Hall–Kier alpha value is -1.07. The number of carboxylic acid groups (broad SMARTS) is 1. The number of carboxylic acids is 1. The predicted octanol–water partition coefficient (Wildman–Crippen LogP) is 1.29. The standard InChI is InChI=1S/C10H14N2O2S/c1-7(9-4-2-3-5-12-9)15-6-8(11)10(13)14/h2-5,7-8H,6,11H2,1H3,(H,13,14)/t7?,8-/m0/s1. The van der Waals surface area contributed by atoms with Crippen molar-refractivity contribution in [3.05, 3.63) is 30.1 Å². The second-order valence-electron chi connectivity index (χ2n) is 3.17. The van der Waals surface area contributed by atoms with Gasteiger partial charge in [-0.15, -0.1) is 0 Å². The summed E-state index contributed by atoms with van der Waals surface area (Å²) in [7, 11) is 0. The molecule has 0 radical (unpaired) electrons. The van der Waals surface area contributed by atoms with E-state index in [0.717, 1.165) is 5.69 Å². The van der Waals surface area contributed by atoms with E-state index in [9.17, 15) is 4.79 Å². The van der Waals surface area contributed by atoms with E-state index in [1.807, 2.05) is 25.1 Å². The number of thioether (sulfide) groups is 1. The van der Waals surface area contributed by atoms with Crippen LogP contribution >= 0.6 is 11.8 Å². The summed E-state index contributed by atoms with van der Waals surface area (Å²) in [4.78, 5) is 14.7. The van der Waals surface area contributed by atoms with Crippen molar-refractivity contribution in [1.29, 1.82) is 0 Å². The minimum atomic E-state index is -0.962. The maximum absolute atomic E-state index is 10.5. The van der Waals surface area contributed by atoms with Crippen LogP contribution in [0.3, 0.4) is 0 Å². The van der Waals surface area contributed by atoms with Gasteiger partial charge in [0.05, 0.1) is 5.69 Å². The predicted molar refractivity (Wildman–Crippen MR) is 60.7 cm³/mol. The Balaban J connectivity index is 2.43. The normalized spacial score (nSPS) is 14.5. The molecule has 1 rings (SSSR count). The van der Waals surface area contributed by atoms with Crippen molar-refractivity contribution in [2.24, 2.45) is 5.73 Å². The van der Waals surface area contributed by atoms with E-state index in [2.05, 4.69) is 4.98 Å². The number of nitrogens with zero attached hydrogens (tertiary/aromatic N) is 1. The second kappa shape index (κ2) is 5.72. The smallest absolute Gasteiger partial charge is 0.321 e. The molecule has 5 heteroatoms. The number of aromatic nitrogens is 1. The van der Waals surface area contributed by atoms with E-state index in [1.54, 1.807) is 6.20 Å². The Morgan fingerprint density at radius 3 is 2.93 bits per heavy atom. The largest absolute Gasteiger partial charge is 0.480 e. The lowest BCUT2D eigenvalue weighted by molar-refractivity contribution is -0.137. The summed E-state index contributed by atoms with van der Waals surface area (Å²) >= 11 is 1.50. The monoisotopic (exact) mass is 226 g/mol. The number of hydrogen-bond donors (Lipinski definition) is 2. The summed E-state index contributed by atoms with van der Waals surface area (Å²) in [6.45, 7) is 1.99. The van der Waals surface area contributed by atoms with Crippen molar-refractivity contribution in [1.82, 2.24) is 4.98 Å². The van der Waals surface area contributed by atoms with Gasteiger partial charge in [0.2, 0.25) is 0 Å². The number of hydrogen-bond acceptors (Lipinski definition) is 4. The van der Waals surface area contributed by atoms with E-state index in [4.69, 9.17) is 10.8 Å². The Labute approximate surface area is 92.9 Å². The number of rotatable bonds is 5. The molecule has 1 aromatic heterocycles. The Kier molecular flexibility index (Phi) is 4.58. The van der Waals surface area contributed by atoms with Crippen LogP contribution in [-0.2, 0) is 4.79 Å². The van der Waals surface area contributed by atoms with Gasteiger partial charge < -0.3 is 10.8 Å². The molecule has 15 heavy (non-hydrogen) atoms. The van der Waals surface area contributed by atoms with Crippen molar-refractivity contribution >= 4 is 17.7 Å². The number of nitrogens with two attached hydrogens (primary N) is 1. The molecule has 0 saturated carbocycles. The molecule has 0 aromatic carbocycles. The van der Waals surface area contributed by atoms with Gasteiger partial charge in [0.15, 0.2) is 0 Å². The number of carbonyl (C=O) groups is 1. The van der Waals surface area contributed by atoms with Crippen molar-refractivity contribution in [3.63, 3.8) is 0 Å². The van der Waals surface area contributed by atoms with E-state index in [1.165, 1.54) is 11.8 Å². The van der Waals surface area contributed by atoms with Crippen molar-refractivity contribution in [3.8, 4) is 0 Å². The number of aliphatic carboxylic acids is 1. The van der Waals surface area contributed by atoms with Crippen LogP contribution in [0.1, 0.15) is 17.9 Å². The van der Waals surface area contributed by atoms with E-state index in [0.29, 0.717) is 5.75 Å². The third-order valence-corrected chi connectivity index (χ3v) is 3.24. The molecule has 1 heterocycles. The summed E-state index contributed by atoms with van der Waals surface area (Å²) in [5, 5.41) is 8.78. The zero-order valence-corrected chi connectivity index (χ0v) is 9.28. The van der Waals surface area contributed by atoms with Crippen LogP contribution in [0, 0.1) is 0 Å². The van der Waals surface area contributed by atoms with Crippen molar-refractivity contribution < 1.29 is 9.90 Å². The van der Waals surface area contributed by atoms with Crippen LogP contribution in [0.5, 0.6) is 0 Å². The highest BCUT2D eigenvalue weighted by Gasteiger charge is 2.14. The first-order valence-corrected chi connectivity index (χ1v) is 5.67. The Bertz CT molecular complexity index is 318.